The smallest absolute Gasteiger partial charge is 0.252 e. The van der Waals surface area contributed by atoms with E-state index in [0.717, 1.165) is 0 Å². The van der Waals surface area contributed by atoms with E-state index in [-0.39, 0.29) is 0 Å². The van der Waals surface area contributed by atoms with E-state index in [1.165, 1.54) is 44.7 Å². The highest BCUT2D eigenvalue weighted by molar-refractivity contribution is 7.00. The molecule has 104 valence electrons. The van der Waals surface area contributed by atoms with Crippen LogP contribution in [0, 0.1) is 6.92 Å². The van der Waals surface area contributed by atoms with E-state index in [0.29, 0.717) is 6.71 Å². The largest absolute Gasteiger partial charge is 0.356 e. The average molecular weight is 282 g/mol. The van der Waals surface area contributed by atoms with Crippen LogP contribution in [0.1, 0.15) is 5.56 Å². The maximum Gasteiger partial charge on any atom is 0.252 e. The van der Waals surface area contributed by atoms with Crippen molar-refractivity contribution in [3.05, 3.63) is 66.2 Å². The van der Waals surface area contributed by atoms with Gasteiger partial charge in [0.15, 0.2) is 0 Å². The molecule has 3 aromatic rings. The van der Waals surface area contributed by atoms with Crippen LogP contribution >= 0.6 is 0 Å². The fourth-order valence-electron chi connectivity index (χ4n) is 3.81. The lowest BCUT2D eigenvalue weighted by Crippen LogP contribution is -2.58. The van der Waals surface area contributed by atoms with Gasteiger partial charge in [0.2, 0.25) is 0 Å². The number of nitrogens with one attached hydrogen (secondary N) is 2. The van der Waals surface area contributed by atoms with Crippen molar-refractivity contribution >= 4 is 45.9 Å². The van der Waals surface area contributed by atoms with Crippen molar-refractivity contribution in [3.8, 4) is 0 Å². The van der Waals surface area contributed by atoms with E-state index in [1.807, 2.05) is 0 Å². The maximum absolute atomic E-state index is 3.61. The van der Waals surface area contributed by atoms with Gasteiger partial charge < -0.3 is 10.6 Å². The molecular formula is C19H15BN2. The molecule has 3 heteroatoms. The fraction of sp³-hybridized carbons (Fsp3) is 0.0526. The Labute approximate surface area is 130 Å². The van der Waals surface area contributed by atoms with Crippen molar-refractivity contribution in [1.82, 2.24) is 0 Å². The molecule has 0 atom stereocenters. The molecule has 0 amide bonds. The standard InChI is InChI=1S/C19H15BN2/c1-12-10-17-19-18(11-12)22-16-9-5-3-7-14(16)20(19)13-6-2-4-8-15(13)21-17/h2-11,21-22H,1H3. The van der Waals surface area contributed by atoms with E-state index in [4.69, 9.17) is 0 Å². The van der Waals surface area contributed by atoms with Crippen LogP contribution < -0.4 is 27.0 Å². The molecule has 2 aliphatic heterocycles. The Morgan fingerprint density at radius 3 is 1.73 bits per heavy atom. The molecule has 0 aromatic heterocycles. The summed E-state index contributed by atoms with van der Waals surface area (Å²) < 4.78 is 0. The highest BCUT2D eigenvalue weighted by Gasteiger charge is 2.36. The summed E-state index contributed by atoms with van der Waals surface area (Å²) in [4.78, 5) is 0. The Kier molecular flexibility index (Phi) is 2.26. The van der Waals surface area contributed by atoms with Gasteiger partial charge in [-0.2, -0.15) is 0 Å². The van der Waals surface area contributed by atoms with E-state index >= 15 is 0 Å². The van der Waals surface area contributed by atoms with Gasteiger partial charge in [-0.3, -0.25) is 0 Å². The summed E-state index contributed by atoms with van der Waals surface area (Å²) in [6.07, 6.45) is 0. The third kappa shape index (κ3) is 1.51. The second-order valence-electron chi connectivity index (χ2n) is 6.13. The molecule has 0 saturated heterocycles. The van der Waals surface area contributed by atoms with E-state index in [9.17, 15) is 0 Å². The Hall–Kier alpha value is -2.68. The molecule has 0 spiro atoms. The number of benzene rings is 3. The highest BCUT2D eigenvalue weighted by atomic mass is 14.9. The molecule has 22 heavy (non-hydrogen) atoms. The Balaban J connectivity index is 1.88. The quantitative estimate of drug-likeness (QED) is 0.427. The van der Waals surface area contributed by atoms with Crippen LogP contribution in [-0.2, 0) is 0 Å². The summed E-state index contributed by atoms with van der Waals surface area (Å²) in [5.41, 5.74) is 10.2. The van der Waals surface area contributed by atoms with Crippen molar-refractivity contribution in [2.75, 3.05) is 10.6 Å². The zero-order valence-corrected chi connectivity index (χ0v) is 12.4. The number of hydrogen-bond acceptors (Lipinski definition) is 2. The Morgan fingerprint density at radius 1 is 0.682 bits per heavy atom. The molecule has 2 heterocycles. The molecular weight excluding hydrogens is 267 g/mol. The molecule has 0 saturated carbocycles. The van der Waals surface area contributed by atoms with Crippen LogP contribution in [0.15, 0.2) is 60.7 Å². The van der Waals surface area contributed by atoms with Gasteiger partial charge in [0.25, 0.3) is 6.71 Å². The number of fused-ring (bicyclic) bond motifs is 4. The summed E-state index contributed by atoms with van der Waals surface area (Å²) in [7, 11) is 0. The average Bonchev–Trinajstić information content (AvgIpc) is 2.54. The first-order valence-electron chi connectivity index (χ1n) is 7.68. The van der Waals surface area contributed by atoms with Crippen LogP contribution in [0.2, 0.25) is 0 Å². The van der Waals surface area contributed by atoms with Crippen molar-refractivity contribution in [1.29, 1.82) is 0 Å². The molecule has 0 fully saturated rings. The Morgan fingerprint density at radius 2 is 1.18 bits per heavy atom. The topological polar surface area (TPSA) is 24.1 Å². The first-order valence-corrected chi connectivity index (χ1v) is 7.68. The van der Waals surface area contributed by atoms with Crippen LogP contribution in [0.5, 0.6) is 0 Å². The second kappa shape index (κ2) is 4.17. The van der Waals surface area contributed by atoms with E-state index in [2.05, 4.69) is 78.2 Å². The zero-order valence-electron chi connectivity index (χ0n) is 12.4. The fourth-order valence-corrected chi connectivity index (χ4v) is 3.81. The van der Waals surface area contributed by atoms with Gasteiger partial charge in [0.05, 0.1) is 0 Å². The summed E-state index contributed by atoms with van der Waals surface area (Å²) in [5, 5.41) is 7.22. The molecule has 0 unspecified atom stereocenters. The minimum absolute atomic E-state index is 0.306. The summed E-state index contributed by atoms with van der Waals surface area (Å²) in [6, 6.07) is 21.8. The third-order valence-electron chi connectivity index (χ3n) is 4.70. The van der Waals surface area contributed by atoms with Gasteiger partial charge in [-0.05, 0) is 53.1 Å². The number of anilines is 4. The molecule has 0 bridgehead atoms. The van der Waals surface area contributed by atoms with Gasteiger partial charge in [0.1, 0.15) is 0 Å². The first-order chi connectivity index (χ1) is 10.8. The van der Waals surface area contributed by atoms with Gasteiger partial charge in [-0.25, -0.2) is 0 Å². The number of aryl methyl sites for hydroxylation is 1. The van der Waals surface area contributed by atoms with Crippen LogP contribution in [-0.4, -0.2) is 6.71 Å². The third-order valence-corrected chi connectivity index (χ3v) is 4.70. The normalized spacial score (nSPS) is 13.4. The van der Waals surface area contributed by atoms with Crippen molar-refractivity contribution in [3.63, 3.8) is 0 Å². The number of para-hydroxylation sites is 2. The monoisotopic (exact) mass is 282 g/mol. The summed E-state index contributed by atoms with van der Waals surface area (Å²) in [6.45, 7) is 2.45. The number of hydrogen-bond donors (Lipinski definition) is 2. The molecule has 3 aromatic carbocycles. The summed E-state index contributed by atoms with van der Waals surface area (Å²) in [5.74, 6) is 0. The van der Waals surface area contributed by atoms with Crippen LogP contribution in [0.3, 0.4) is 0 Å². The van der Waals surface area contributed by atoms with Crippen molar-refractivity contribution in [2.45, 2.75) is 6.92 Å². The van der Waals surface area contributed by atoms with Crippen molar-refractivity contribution in [2.24, 2.45) is 0 Å². The second-order valence-corrected chi connectivity index (χ2v) is 6.13. The number of rotatable bonds is 0. The minimum atomic E-state index is 0.306. The molecule has 0 radical (unpaired) electrons. The predicted molar refractivity (Wildman–Crippen MR) is 95.3 cm³/mol. The van der Waals surface area contributed by atoms with Gasteiger partial charge in [-0.1, -0.05) is 36.4 Å². The molecule has 2 N–H and O–H groups in total. The van der Waals surface area contributed by atoms with E-state index < -0.39 is 0 Å². The van der Waals surface area contributed by atoms with E-state index in [1.54, 1.807) is 0 Å². The zero-order chi connectivity index (χ0) is 14.7. The predicted octanol–water partition coefficient (Wildman–Crippen LogP) is 2.63. The Bertz CT molecular complexity index is 846. The molecule has 2 aliphatic rings. The molecule has 2 nitrogen and oxygen atoms in total. The summed E-state index contributed by atoms with van der Waals surface area (Å²) >= 11 is 0. The first kappa shape index (κ1) is 11.9. The maximum atomic E-state index is 3.61. The minimum Gasteiger partial charge on any atom is -0.356 e. The molecule has 5 rings (SSSR count). The lowest BCUT2D eigenvalue weighted by atomic mass is 9.34. The lowest BCUT2D eigenvalue weighted by molar-refractivity contribution is 1.43. The SMILES string of the molecule is Cc1cc2c3c(c1)Nc1ccccc1B3c1ccccc1N2. The van der Waals surface area contributed by atoms with Gasteiger partial charge in [0, 0.05) is 22.7 Å². The highest BCUT2D eigenvalue weighted by Crippen LogP contribution is 2.30. The van der Waals surface area contributed by atoms with Gasteiger partial charge >= 0.3 is 0 Å². The molecule has 0 aliphatic carbocycles. The lowest BCUT2D eigenvalue weighted by Gasteiger charge is -2.35. The van der Waals surface area contributed by atoms with Gasteiger partial charge in [-0.15, -0.1) is 0 Å². The van der Waals surface area contributed by atoms with Crippen LogP contribution in [0.25, 0.3) is 0 Å². The van der Waals surface area contributed by atoms with Crippen molar-refractivity contribution < 1.29 is 0 Å². The van der Waals surface area contributed by atoms with Crippen LogP contribution in [0.4, 0.5) is 22.7 Å².